The van der Waals surface area contributed by atoms with E-state index in [9.17, 15) is 18.0 Å². The van der Waals surface area contributed by atoms with Crippen LogP contribution in [0, 0.1) is 0 Å². The summed E-state index contributed by atoms with van der Waals surface area (Å²) in [5.41, 5.74) is 0.153. The molecule has 24 heavy (non-hydrogen) atoms. The Morgan fingerprint density at radius 1 is 1.04 bits per heavy atom. The molecule has 0 heterocycles. The summed E-state index contributed by atoms with van der Waals surface area (Å²) in [6, 6.07) is 5.16. The van der Waals surface area contributed by atoms with Crippen LogP contribution in [0.5, 0.6) is 0 Å². The molecule has 1 aromatic carbocycles. The Hall–Kier alpha value is -1.78. The second-order valence-electron chi connectivity index (χ2n) is 5.63. The van der Waals surface area contributed by atoms with E-state index in [1.54, 1.807) is 6.92 Å². The van der Waals surface area contributed by atoms with Crippen molar-refractivity contribution in [2.75, 3.05) is 6.61 Å². The van der Waals surface area contributed by atoms with Crippen LogP contribution >= 0.6 is 0 Å². The van der Waals surface area contributed by atoms with Gasteiger partial charge in [-0.2, -0.15) is 13.2 Å². The standard InChI is InChI=1S/C19H25F3O2/c1-2-24-18(23)11-9-7-5-3-4-6-8-10-16-12-14-17(15-13-16)19(20,21)22/h8,10,12-15H,2-7,9,11H2,1H3. The van der Waals surface area contributed by atoms with E-state index in [-0.39, 0.29) is 5.97 Å². The number of carbonyl (C=O) groups is 1. The van der Waals surface area contributed by atoms with Gasteiger partial charge in [-0.1, -0.05) is 43.5 Å². The van der Waals surface area contributed by atoms with E-state index in [0.29, 0.717) is 13.0 Å². The van der Waals surface area contributed by atoms with E-state index in [2.05, 4.69) is 0 Å². The first kappa shape index (κ1) is 20.3. The van der Waals surface area contributed by atoms with Crippen LogP contribution in [0.1, 0.15) is 63.0 Å². The number of esters is 1. The molecule has 0 fully saturated rings. The van der Waals surface area contributed by atoms with Gasteiger partial charge in [-0.25, -0.2) is 0 Å². The van der Waals surface area contributed by atoms with Crippen LogP contribution in [0.25, 0.3) is 6.08 Å². The van der Waals surface area contributed by atoms with Crippen molar-refractivity contribution in [2.24, 2.45) is 0 Å². The summed E-state index contributed by atoms with van der Waals surface area (Å²) in [6.45, 7) is 2.24. The highest BCUT2D eigenvalue weighted by molar-refractivity contribution is 5.69. The first-order valence-corrected chi connectivity index (χ1v) is 8.43. The highest BCUT2D eigenvalue weighted by Crippen LogP contribution is 2.29. The zero-order chi connectivity index (χ0) is 17.8. The molecule has 0 N–H and O–H groups in total. The third-order valence-electron chi connectivity index (χ3n) is 3.61. The number of unbranched alkanes of at least 4 members (excludes halogenated alkanes) is 5. The third kappa shape index (κ3) is 8.75. The fourth-order valence-corrected chi connectivity index (χ4v) is 2.30. The van der Waals surface area contributed by atoms with Crippen molar-refractivity contribution in [1.29, 1.82) is 0 Å². The van der Waals surface area contributed by atoms with Crippen LogP contribution in [0.3, 0.4) is 0 Å². The summed E-state index contributed by atoms with van der Waals surface area (Å²) in [5.74, 6) is -0.128. The maximum absolute atomic E-state index is 12.4. The van der Waals surface area contributed by atoms with Crippen molar-refractivity contribution in [1.82, 2.24) is 0 Å². The molecule has 0 saturated heterocycles. The fraction of sp³-hybridized carbons (Fsp3) is 0.526. The average Bonchev–Trinajstić information content (AvgIpc) is 2.53. The Kier molecular flexibility index (Phi) is 9.20. The summed E-state index contributed by atoms with van der Waals surface area (Å²) in [6.07, 6.45) is 6.02. The molecular weight excluding hydrogens is 317 g/mol. The van der Waals surface area contributed by atoms with Crippen LogP contribution in [0.2, 0.25) is 0 Å². The molecule has 2 nitrogen and oxygen atoms in total. The van der Waals surface area contributed by atoms with Crippen LogP contribution in [-0.2, 0) is 15.7 Å². The van der Waals surface area contributed by atoms with Gasteiger partial charge in [-0.3, -0.25) is 4.79 Å². The number of carbonyl (C=O) groups excluding carboxylic acids is 1. The molecule has 0 atom stereocenters. The lowest BCUT2D eigenvalue weighted by Gasteiger charge is -2.05. The van der Waals surface area contributed by atoms with Gasteiger partial charge in [0.2, 0.25) is 0 Å². The van der Waals surface area contributed by atoms with Gasteiger partial charge in [0.05, 0.1) is 12.2 Å². The molecular formula is C19H25F3O2. The number of allylic oxidation sites excluding steroid dienone is 1. The number of hydrogen-bond acceptors (Lipinski definition) is 2. The molecule has 0 amide bonds. The van der Waals surface area contributed by atoms with Gasteiger partial charge in [0.1, 0.15) is 0 Å². The molecule has 5 heteroatoms. The molecule has 0 aromatic heterocycles. The number of ether oxygens (including phenoxy) is 1. The Morgan fingerprint density at radius 3 is 2.29 bits per heavy atom. The predicted molar refractivity (Wildman–Crippen MR) is 89.4 cm³/mol. The SMILES string of the molecule is CCOC(=O)CCCCCCCC=Cc1ccc(C(F)(F)F)cc1. The second-order valence-corrected chi connectivity index (χ2v) is 5.63. The summed E-state index contributed by atoms with van der Waals surface area (Å²) in [7, 11) is 0. The van der Waals surface area contributed by atoms with Crippen molar-refractivity contribution in [3.05, 3.63) is 41.5 Å². The summed E-state index contributed by atoms with van der Waals surface area (Å²) < 4.78 is 42.2. The number of halogens is 3. The molecule has 0 unspecified atom stereocenters. The molecule has 0 saturated carbocycles. The van der Waals surface area contributed by atoms with Crippen LogP contribution in [0.4, 0.5) is 13.2 Å². The lowest BCUT2D eigenvalue weighted by atomic mass is 10.1. The maximum Gasteiger partial charge on any atom is 0.416 e. The lowest BCUT2D eigenvalue weighted by molar-refractivity contribution is -0.143. The molecule has 0 aliphatic heterocycles. The molecule has 0 aliphatic carbocycles. The quantitative estimate of drug-likeness (QED) is 0.384. The lowest BCUT2D eigenvalue weighted by Crippen LogP contribution is -2.03. The first-order chi connectivity index (χ1) is 11.4. The number of rotatable bonds is 10. The monoisotopic (exact) mass is 342 g/mol. The van der Waals surface area contributed by atoms with Gasteiger partial charge >= 0.3 is 12.1 Å². The minimum atomic E-state index is -4.28. The highest BCUT2D eigenvalue weighted by atomic mass is 19.4. The molecule has 0 bridgehead atoms. The normalized spacial score (nSPS) is 11.8. The number of hydrogen-bond donors (Lipinski definition) is 0. The van der Waals surface area contributed by atoms with Gasteiger partial charge < -0.3 is 4.74 Å². The predicted octanol–water partition coefficient (Wildman–Crippen LogP) is 6.01. The van der Waals surface area contributed by atoms with Crippen molar-refractivity contribution in [3.8, 4) is 0 Å². The topological polar surface area (TPSA) is 26.3 Å². The van der Waals surface area contributed by atoms with E-state index in [4.69, 9.17) is 4.74 Å². The molecule has 0 spiro atoms. The molecule has 1 rings (SSSR count). The molecule has 0 radical (unpaired) electrons. The van der Waals surface area contributed by atoms with Crippen molar-refractivity contribution < 1.29 is 22.7 Å². The van der Waals surface area contributed by atoms with Crippen molar-refractivity contribution >= 4 is 12.0 Å². The smallest absolute Gasteiger partial charge is 0.416 e. The van der Waals surface area contributed by atoms with Crippen LogP contribution in [0.15, 0.2) is 30.3 Å². The Labute approximate surface area is 141 Å². The second kappa shape index (κ2) is 10.9. The largest absolute Gasteiger partial charge is 0.466 e. The minimum Gasteiger partial charge on any atom is -0.466 e. The number of benzene rings is 1. The zero-order valence-electron chi connectivity index (χ0n) is 14.1. The van der Waals surface area contributed by atoms with Gasteiger partial charge in [-0.15, -0.1) is 0 Å². The maximum atomic E-state index is 12.4. The average molecular weight is 342 g/mol. The summed E-state index contributed by atoms with van der Waals surface area (Å²) in [4.78, 5) is 11.1. The summed E-state index contributed by atoms with van der Waals surface area (Å²) >= 11 is 0. The van der Waals surface area contributed by atoms with E-state index in [0.717, 1.165) is 56.2 Å². The molecule has 134 valence electrons. The van der Waals surface area contributed by atoms with E-state index in [1.165, 1.54) is 12.1 Å². The van der Waals surface area contributed by atoms with Gasteiger partial charge in [0.25, 0.3) is 0 Å². The van der Waals surface area contributed by atoms with Gasteiger partial charge in [-0.05, 0) is 43.9 Å². The Bertz CT molecular complexity index is 504. The van der Waals surface area contributed by atoms with Crippen molar-refractivity contribution in [2.45, 2.75) is 58.0 Å². The Balaban J connectivity index is 2.10. The van der Waals surface area contributed by atoms with Crippen LogP contribution in [-0.4, -0.2) is 12.6 Å². The summed E-state index contributed by atoms with van der Waals surface area (Å²) in [5, 5.41) is 0. The zero-order valence-corrected chi connectivity index (χ0v) is 14.1. The van der Waals surface area contributed by atoms with E-state index in [1.807, 2.05) is 12.2 Å². The van der Waals surface area contributed by atoms with Gasteiger partial charge in [0, 0.05) is 6.42 Å². The molecule has 0 aliphatic rings. The highest BCUT2D eigenvalue weighted by Gasteiger charge is 2.29. The van der Waals surface area contributed by atoms with E-state index < -0.39 is 11.7 Å². The van der Waals surface area contributed by atoms with Gasteiger partial charge in [0.15, 0.2) is 0 Å². The minimum absolute atomic E-state index is 0.128. The van der Waals surface area contributed by atoms with Crippen LogP contribution < -0.4 is 0 Å². The molecule has 1 aromatic rings. The number of alkyl halides is 3. The first-order valence-electron chi connectivity index (χ1n) is 8.43. The fourth-order valence-electron chi connectivity index (χ4n) is 2.30. The Morgan fingerprint density at radius 2 is 1.67 bits per heavy atom. The van der Waals surface area contributed by atoms with E-state index >= 15 is 0 Å². The third-order valence-corrected chi connectivity index (χ3v) is 3.61. The van der Waals surface area contributed by atoms with Crippen molar-refractivity contribution in [3.63, 3.8) is 0 Å².